The number of hydrogen-bond acceptors (Lipinski definition) is 6. The van der Waals surface area contributed by atoms with Gasteiger partial charge in [0, 0.05) is 13.5 Å². The number of carbonyl (C=O) groups is 2. The van der Waals surface area contributed by atoms with Gasteiger partial charge in [-0.15, -0.1) is 0 Å². The first-order valence-electron chi connectivity index (χ1n) is 12.0. The number of carbonyl (C=O) groups excluding carboxylic acids is 2. The number of hydrogen-bond donors (Lipinski definition) is 2. The van der Waals surface area contributed by atoms with Gasteiger partial charge >= 0.3 is 0 Å². The van der Waals surface area contributed by atoms with Gasteiger partial charge in [-0.25, -0.2) is 9.37 Å². The SMILES string of the molecule is CC(=O)N1CC(Oc2ccc(NC(=O)C(NCC(C)c3ccc(C#N)cc3)c3cccc(F)c3)nc2)C1. The third-order valence-corrected chi connectivity index (χ3v) is 6.26. The first-order valence-corrected chi connectivity index (χ1v) is 12.0. The topological polar surface area (TPSA) is 107 Å². The number of anilines is 1. The summed E-state index contributed by atoms with van der Waals surface area (Å²) < 4.78 is 19.8. The molecule has 3 aromatic rings. The predicted molar refractivity (Wildman–Crippen MR) is 136 cm³/mol. The van der Waals surface area contributed by atoms with Gasteiger partial charge in [-0.2, -0.15) is 5.26 Å². The highest BCUT2D eigenvalue weighted by Crippen LogP contribution is 2.22. The van der Waals surface area contributed by atoms with Crippen LogP contribution in [0.2, 0.25) is 0 Å². The third-order valence-electron chi connectivity index (χ3n) is 6.26. The Balaban J connectivity index is 1.40. The molecule has 8 nitrogen and oxygen atoms in total. The zero-order chi connectivity index (χ0) is 26.4. The molecular formula is C28H28FN5O3. The molecule has 37 heavy (non-hydrogen) atoms. The van der Waals surface area contributed by atoms with Crippen LogP contribution < -0.4 is 15.4 Å². The van der Waals surface area contributed by atoms with Crippen molar-refractivity contribution in [3.63, 3.8) is 0 Å². The van der Waals surface area contributed by atoms with Crippen LogP contribution in [0.4, 0.5) is 10.2 Å². The number of nitrogens with zero attached hydrogens (tertiary/aromatic N) is 3. The molecule has 0 bridgehead atoms. The van der Waals surface area contributed by atoms with Crippen LogP contribution in [-0.4, -0.2) is 47.4 Å². The summed E-state index contributed by atoms with van der Waals surface area (Å²) >= 11 is 0. The normalized spacial score (nSPS) is 14.7. The fourth-order valence-electron chi connectivity index (χ4n) is 4.03. The van der Waals surface area contributed by atoms with Crippen LogP contribution >= 0.6 is 0 Å². The van der Waals surface area contributed by atoms with Gasteiger partial charge in [0.05, 0.1) is 30.9 Å². The van der Waals surface area contributed by atoms with Gasteiger partial charge in [-0.1, -0.05) is 31.2 Å². The van der Waals surface area contributed by atoms with E-state index in [1.54, 1.807) is 41.3 Å². The van der Waals surface area contributed by atoms with Crippen molar-refractivity contribution in [2.75, 3.05) is 25.0 Å². The lowest BCUT2D eigenvalue weighted by molar-refractivity contribution is -0.137. The van der Waals surface area contributed by atoms with Gasteiger partial charge in [0.15, 0.2) is 0 Å². The van der Waals surface area contributed by atoms with E-state index in [2.05, 4.69) is 21.7 Å². The molecule has 2 heterocycles. The van der Waals surface area contributed by atoms with Crippen LogP contribution in [0.3, 0.4) is 0 Å². The molecule has 2 unspecified atom stereocenters. The number of pyridine rings is 1. The van der Waals surface area contributed by atoms with Crippen molar-refractivity contribution in [3.8, 4) is 11.8 Å². The number of nitriles is 1. The number of nitrogens with one attached hydrogen (secondary N) is 2. The Kier molecular flexibility index (Phi) is 8.11. The quantitative estimate of drug-likeness (QED) is 0.462. The Labute approximate surface area is 215 Å². The monoisotopic (exact) mass is 501 g/mol. The van der Waals surface area contributed by atoms with E-state index in [1.807, 2.05) is 19.1 Å². The number of rotatable bonds is 9. The second kappa shape index (κ2) is 11.6. The molecule has 0 saturated carbocycles. The van der Waals surface area contributed by atoms with Crippen molar-refractivity contribution < 1.29 is 18.7 Å². The predicted octanol–water partition coefficient (Wildman–Crippen LogP) is 3.77. The third kappa shape index (κ3) is 6.68. The number of benzene rings is 2. The molecule has 2 N–H and O–H groups in total. The van der Waals surface area contributed by atoms with Gasteiger partial charge in [0.2, 0.25) is 11.8 Å². The molecule has 1 saturated heterocycles. The molecule has 9 heteroatoms. The molecule has 0 radical (unpaired) electrons. The summed E-state index contributed by atoms with van der Waals surface area (Å²) in [4.78, 5) is 30.5. The summed E-state index contributed by atoms with van der Waals surface area (Å²) in [6, 6.07) is 17.8. The van der Waals surface area contributed by atoms with E-state index in [1.165, 1.54) is 25.3 Å². The first kappa shape index (κ1) is 25.8. The molecule has 4 rings (SSSR count). The van der Waals surface area contributed by atoms with Crippen molar-refractivity contribution in [1.82, 2.24) is 15.2 Å². The van der Waals surface area contributed by atoms with Gasteiger partial charge in [0.25, 0.3) is 0 Å². The lowest BCUT2D eigenvalue weighted by atomic mass is 9.98. The highest BCUT2D eigenvalue weighted by molar-refractivity contribution is 5.94. The maximum Gasteiger partial charge on any atom is 0.247 e. The van der Waals surface area contributed by atoms with Gasteiger partial charge in [-0.05, 0) is 53.4 Å². The number of ether oxygens (including phenoxy) is 1. The average molecular weight is 502 g/mol. The fourth-order valence-corrected chi connectivity index (χ4v) is 4.03. The zero-order valence-corrected chi connectivity index (χ0v) is 20.6. The van der Waals surface area contributed by atoms with Crippen LogP contribution in [0, 0.1) is 17.1 Å². The minimum absolute atomic E-state index is 0.0174. The molecule has 1 fully saturated rings. The maximum atomic E-state index is 14.0. The highest BCUT2D eigenvalue weighted by Gasteiger charge is 2.30. The Morgan fingerprint density at radius 1 is 1.16 bits per heavy atom. The van der Waals surface area contributed by atoms with E-state index in [9.17, 15) is 14.0 Å². The van der Waals surface area contributed by atoms with Crippen LogP contribution in [0.5, 0.6) is 5.75 Å². The largest absolute Gasteiger partial charge is 0.485 e. The Bertz CT molecular complexity index is 1280. The van der Waals surface area contributed by atoms with Crippen LogP contribution in [0.25, 0.3) is 0 Å². The Morgan fingerprint density at radius 2 is 1.92 bits per heavy atom. The molecule has 0 spiro atoms. The minimum atomic E-state index is -0.818. The lowest BCUT2D eigenvalue weighted by Gasteiger charge is -2.38. The summed E-state index contributed by atoms with van der Waals surface area (Å²) in [5.74, 6) is 0.119. The lowest BCUT2D eigenvalue weighted by Crippen LogP contribution is -2.55. The average Bonchev–Trinajstić information content (AvgIpc) is 2.86. The van der Waals surface area contributed by atoms with Crippen molar-refractivity contribution in [1.29, 1.82) is 5.26 Å². The standard InChI is InChI=1S/C28H28FN5O3/c1-18(21-8-6-20(13-30)7-9-21)14-32-27(22-4-3-5-23(29)12-22)28(36)33-26-11-10-24(15-31-26)37-25-16-34(17-25)19(2)35/h3-12,15,18,25,27,32H,14,16-17H2,1-2H3,(H,31,33,36). The molecule has 2 aromatic carbocycles. The second-order valence-electron chi connectivity index (χ2n) is 9.06. The number of halogens is 1. The van der Waals surface area contributed by atoms with E-state index < -0.39 is 11.9 Å². The van der Waals surface area contributed by atoms with Gasteiger partial charge in [-0.3, -0.25) is 9.59 Å². The van der Waals surface area contributed by atoms with Gasteiger partial charge in [0.1, 0.15) is 29.5 Å². The van der Waals surface area contributed by atoms with E-state index in [0.29, 0.717) is 42.3 Å². The maximum absolute atomic E-state index is 14.0. The van der Waals surface area contributed by atoms with E-state index in [-0.39, 0.29) is 23.8 Å². The molecule has 2 atom stereocenters. The summed E-state index contributed by atoms with van der Waals surface area (Å²) in [7, 11) is 0. The fraction of sp³-hybridized carbons (Fsp3) is 0.286. The van der Waals surface area contributed by atoms with E-state index >= 15 is 0 Å². The Hall–Kier alpha value is -4.29. The molecule has 0 aliphatic carbocycles. The van der Waals surface area contributed by atoms with Gasteiger partial charge < -0.3 is 20.3 Å². The zero-order valence-electron chi connectivity index (χ0n) is 20.6. The summed E-state index contributed by atoms with van der Waals surface area (Å²) in [5.41, 5.74) is 2.08. The first-order chi connectivity index (χ1) is 17.8. The van der Waals surface area contributed by atoms with Crippen molar-refractivity contribution in [3.05, 3.63) is 89.4 Å². The molecule has 1 aliphatic rings. The smallest absolute Gasteiger partial charge is 0.247 e. The molecule has 2 amide bonds. The second-order valence-corrected chi connectivity index (χ2v) is 9.06. The van der Waals surface area contributed by atoms with Crippen molar-refractivity contribution >= 4 is 17.6 Å². The highest BCUT2D eigenvalue weighted by atomic mass is 19.1. The van der Waals surface area contributed by atoms with Crippen LogP contribution in [0.1, 0.15) is 42.5 Å². The minimum Gasteiger partial charge on any atom is -0.485 e. The molecule has 1 aliphatic heterocycles. The summed E-state index contributed by atoms with van der Waals surface area (Å²) in [6.07, 6.45) is 1.44. The van der Waals surface area contributed by atoms with Crippen molar-refractivity contribution in [2.24, 2.45) is 0 Å². The molecule has 1 aromatic heterocycles. The summed E-state index contributed by atoms with van der Waals surface area (Å²) in [5, 5.41) is 15.0. The van der Waals surface area contributed by atoms with Crippen LogP contribution in [-0.2, 0) is 9.59 Å². The Morgan fingerprint density at radius 3 is 2.54 bits per heavy atom. The molecular weight excluding hydrogens is 473 g/mol. The number of amides is 2. The van der Waals surface area contributed by atoms with Crippen molar-refractivity contribution in [2.45, 2.75) is 31.9 Å². The van der Waals surface area contributed by atoms with E-state index in [4.69, 9.17) is 10.00 Å². The molecule has 190 valence electrons. The number of likely N-dealkylation sites (tertiary alicyclic amines) is 1. The van der Waals surface area contributed by atoms with Crippen LogP contribution in [0.15, 0.2) is 66.9 Å². The van der Waals surface area contributed by atoms with E-state index in [0.717, 1.165) is 5.56 Å². The number of aromatic nitrogens is 1. The summed E-state index contributed by atoms with van der Waals surface area (Å²) in [6.45, 7) is 5.05.